The van der Waals surface area contributed by atoms with E-state index >= 15 is 0 Å². The summed E-state index contributed by atoms with van der Waals surface area (Å²) in [6.07, 6.45) is 6.05. The Kier molecular flexibility index (Phi) is 4.22. The molecule has 2 aliphatic rings. The molecule has 2 fully saturated rings. The molecule has 1 aromatic heterocycles. The summed E-state index contributed by atoms with van der Waals surface area (Å²) in [6, 6.07) is 6.83. The van der Waals surface area contributed by atoms with Gasteiger partial charge in [-0.15, -0.1) is 0 Å². The minimum atomic E-state index is -0.0798. The number of carbonyl (C=O) groups excluding carboxylic acids is 1. The highest BCUT2D eigenvalue weighted by molar-refractivity contribution is 5.80. The number of likely N-dealkylation sites (tertiary alicyclic amines) is 1. The average molecular weight is 301 g/mol. The molecule has 1 N–H and O–H groups in total. The topological polar surface area (TPSA) is 45.2 Å². The minimum Gasteiger partial charge on any atom is -0.336 e. The van der Waals surface area contributed by atoms with Gasteiger partial charge in [-0.1, -0.05) is 6.07 Å². The van der Waals surface area contributed by atoms with Crippen LogP contribution in [0.2, 0.25) is 0 Å². The smallest absolute Gasteiger partial charge is 0.224 e. The van der Waals surface area contributed by atoms with E-state index in [2.05, 4.69) is 37.1 Å². The number of amides is 1. The van der Waals surface area contributed by atoms with Gasteiger partial charge in [0, 0.05) is 48.9 Å². The van der Waals surface area contributed by atoms with Gasteiger partial charge < -0.3 is 10.2 Å². The van der Waals surface area contributed by atoms with Crippen LogP contribution < -0.4 is 5.32 Å². The van der Waals surface area contributed by atoms with Crippen LogP contribution in [0.4, 0.5) is 0 Å². The van der Waals surface area contributed by atoms with Gasteiger partial charge in [0.25, 0.3) is 0 Å². The summed E-state index contributed by atoms with van der Waals surface area (Å²) in [7, 11) is 0. The number of nitrogens with one attached hydrogen (secondary N) is 1. The monoisotopic (exact) mass is 301 g/mol. The van der Waals surface area contributed by atoms with Gasteiger partial charge >= 0.3 is 0 Å². The largest absolute Gasteiger partial charge is 0.336 e. The van der Waals surface area contributed by atoms with Crippen LogP contribution >= 0.6 is 0 Å². The molecule has 4 heteroatoms. The van der Waals surface area contributed by atoms with E-state index in [1.54, 1.807) is 0 Å². The Morgan fingerprint density at radius 2 is 2.14 bits per heavy atom. The molecule has 22 heavy (non-hydrogen) atoms. The number of aromatic nitrogens is 1. The first kappa shape index (κ1) is 15.5. The molecule has 4 nitrogen and oxygen atoms in total. The highest BCUT2D eigenvalue weighted by atomic mass is 16.2. The van der Waals surface area contributed by atoms with Crippen LogP contribution in [0.25, 0.3) is 0 Å². The zero-order valence-corrected chi connectivity index (χ0v) is 13.9. The fraction of sp³-hybridized carbons (Fsp3) is 0.667. The summed E-state index contributed by atoms with van der Waals surface area (Å²) in [4.78, 5) is 18.7. The van der Waals surface area contributed by atoms with Gasteiger partial charge in [0.15, 0.2) is 0 Å². The van der Waals surface area contributed by atoms with Crippen molar-refractivity contribution in [2.45, 2.75) is 64.1 Å². The molecule has 1 saturated heterocycles. The number of hydrogen-bond donors (Lipinski definition) is 1. The van der Waals surface area contributed by atoms with E-state index in [4.69, 9.17) is 0 Å². The molecule has 1 saturated carbocycles. The van der Waals surface area contributed by atoms with Gasteiger partial charge in [-0.2, -0.15) is 0 Å². The summed E-state index contributed by atoms with van der Waals surface area (Å²) in [6.45, 7) is 7.16. The maximum atomic E-state index is 12.2. The van der Waals surface area contributed by atoms with Crippen LogP contribution in [-0.4, -0.2) is 40.0 Å². The lowest BCUT2D eigenvalue weighted by Crippen LogP contribution is -2.46. The van der Waals surface area contributed by atoms with Gasteiger partial charge in [0.05, 0.1) is 0 Å². The third kappa shape index (κ3) is 3.67. The first-order chi connectivity index (χ1) is 10.4. The quantitative estimate of drug-likeness (QED) is 0.908. The molecule has 2 heterocycles. The van der Waals surface area contributed by atoms with Crippen molar-refractivity contribution in [3.8, 4) is 0 Å². The van der Waals surface area contributed by atoms with Crippen molar-refractivity contribution < 1.29 is 4.79 Å². The molecule has 1 amide bonds. The third-order valence-corrected chi connectivity index (χ3v) is 4.73. The second kappa shape index (κ2) is 5.99. The third-order valence-electron chi connectivity index (χ3n) is 4.73. The second-order valence-corrected chi connectivity index (χ2v) is 7.71. The van der Waals surface area contributed by atoms with Crippen LogP contribution in [0.5, 0.6) is 0 Å². The molecular formula is C18H27N3O. The van der Waals surface area contributed by atoms with E-state index in [0.29, 0.717) is 12.5 Å². The standard InChI is InChI=1S/C18H27N3O/c1-18(2,3)21-12-15(11-17(21)22)20-16(13-7-8-13)10-14-6-4-5-9-19-14/h4-6,9,13,15-16,20H,7-8,10-12H2,1-3H3/t15-,16+/m0/s1. The van der Waals surface area contributed by atoms with E-state index in [9.17, 15) is 4.79 Å². The zero-order chi connectivity index (χ0) is 15.7. The normalized spacial score (nSPS) is 23.9. The number of nitrogens with zero attached hydrogens (tertiary/aromatic N) is 2. The lowest BCUT2D eigenvalue weighted by Gasteiger charge is -2.32. The maximum Gasteiger partial charge on any atom is 0.224 e. The Bertz CT molecular complexity index is 519. The van der Waals surface area contributed by atoms with E-state index in [-0.39, 0.29) is 17.5 Å². The van der Waals surface area contributed by atoms with E-state index in [0.717, 1.165) is 24.6 Å². The Morgan fingerprint density at radius 3 is 2.68 bits per heavy atom. The maximum absolute atomic E-state index is 12.2. The predicted octanol–water partition coefficient (Wildman–Crippen LogP) is 2.39. The fourth-order valence-corrected chi connectivity index (χ4v) is 3.37. The van der Waals surface area contributed by atoms with E-state index < -0.39 is 0 Å². The van der Waals surface area contributed by atoms with Crippen molar-refractivity contribution in [2.24, 2.45) is 5.92 Å². The first-order valence-corrected chi connectivity index (χ1v) is 8.40. The van der Waals surface area contributed by atoms with E-state index in [1.807, 2.05) is 23.2 Å². The zero-order valence-electron chi connectivity index (χ0n) is 13.9. The van der Waals surface area contributed by atoms with Crippen LogP contribution in [0.15, 0.2) is 24.4 Å². The molecule has 0 bridgehead atoms. The highest BCUT2D eigenvalue weighted by Crippen LogP contribution is 2.35. The Balaban J connectivity index is 1.62. The van der Waals surface area contributed by atoms with Gasteiger partial charge in [0.2, 0.25) is 5.91 Å². The predicted molar refractivity (Wildman–Crippen MR) is 87.5 cm³/mol. The van der Waals surface area contributed by atoms with Crippen molar-refractivity contribution in [1.29, 1.82) is 0 Å². The Hall–Kier alpha value is -1.42. The van der Waals surface area contributed by atoms with Crippen LogP contribution in [0.3, 0.4) is 0 Å². The average Bonchev–Trinajstić information content (AvgIpc) is 3.22. The van der Waals surface area contributed by atoms with E-state index in [1.165, 1.54) is 12.8 Å². The number of hydrogen-bond acceptors (Lipinski definition) is 3. The fourth-order valence-electron chi connectivity index (χ4n) is 3.37. The summed E-state index contributed by atoms with van der Waals surface area (Å²) in [5.41, 5.74) is 1.06. The molecule has 0 unspecified atom stereocenters. The Labute approximate surface area is 133 Å². The van der Waals surface area contributed by atoms with Crippen molar-refractivity contribution >= 4 is 5.91 Å². The lowest BCUT2D eigenvalue weighted by molar-refractivity contribution is -0.131. The molecule has 0 radical (unpaired) electrons. The van der Waals surface area contributed by atoms with Crippen LogP contribution in [0.1, 0.15) is 45.7 Å². The number of carbonyl (C=O) groups is 1. The molecule has 120 valence electrons. The first-order valence-electron chi connectivity index (χ1n) is 8.40. The molecule has 1 aliphatic carbocycles. The minimum absolute atomic E-state index is 0.0798. The molecular weight excluding hydrogens is 274 g/mol. The Morgan fingerprint density at radius 1 is 1.36 bits per heavy atom. The number of rotatable bonds is 5. The van der Waals surface area contributed by atoms with Gasteiger partial charge in [0.1, 0.15) is 0 Å². The van der Waals surface area contributed by atoms with Gasteiger partial charge in [-0.3, -0.25) is 9.78 Å². The SMILES string of the molecule is CC(C)(C)N1C[C@@H](N[C@H](Cc2ccccn2)C2CC2)CC1=O. The molecule has 3 rings (SSSR count). The van der Waals surface area contributed by atoms with Crippen LogP contribution in [0, 0.1) is 5.92 Å². The van der Waals surface area contributed by atoms with Gasteiger partial charge in [-0.25, -0.2) is 0 Å². The van der Waals surface area contributed by atoms with Gasteiger partial charge in [-0.05, 0) is 51.7 Å². The highest BCUT2D eigenvalue weighted by Gasteiger charge is 2.39. The summed E-state index contributed by atoms with van der Waals surface area (Å²) < 4.78 is 0. The lowest BCUT2D eigenvalue weighted by atomic mass is 10.0. The van der Waals surface area contributed by atoms with Crippen molar-refractivity contribution in [1.82, 2.24) is 15.2 Å². The number of pyridine rings is 1. The summed E-state index contributed by atoms with van der Waals surface area (Å²) in [5.74, 6) is 1.03. The molecule has 0 aromatic carbocycles. The second-order valence-electron chi connectivity index (χ2n) is 7.71. The van der Waals surface area contributed by atoms with Crippen molar-refractivity contribution in [3.63, 3.8) is 0 Å². The molecule has 1 aliphatic heterocycles. The van der Waals surface area contributed by atoms with Crippen LogP contribution in [-0.2, 0) is 11.2 Å². The van der Waals surface area contributed by atoms with Crippen molar-refractivity contribution in [2.75, 3.05) is 6.54 Å². The molecule has 0 spiro atoms. The molecule has 1 aromatic rings. The van der Waals surface area contributed by atoms with Crippen molar-refractivity contribution in [3.05, 3.63) is 30.1 Å². The summed E-state index contributed by atoms with van der Waals surface area (Å²) in [5, 5.41) is 3.76. The summed E-state index contributed by atoms with van der Waals surface area (Å²) >= 11 is 0. The molecule has 2 atom stereocenters.